The third-order valence-corrected chi connectivity index (χ3v) is 4.91. The van der Waals surface area contributed by atoms with Gasteiger partial charge in [-0.3, -0.25) is 4.99 Å². The van der Waals surface area contributed by atoms with Gasteiger partial charge in [-0.1, -0.05) is 0 Å². The van der Waals surface area contributed by atoms with E-state index in [2.05, 4.69) is 10.3 Å². The van der Waals surface area contributed by atoms with Crippen LogP contribution < -0.4 is 5.32 Å². The third kappa shape index (κ3) is 4.23. The molecule has 1 saturated heterocycles. The van der Waals surface area contributed by atoms with Crippen LogP contribution in [0.3, 0.4) is 0 Å². The molecule has 1 fully saturated rings. The summed E-state index contributed by atoms with van der Waals surface area (Å²) in [5.41, 5.74) is -0.961. The first-order valence-electron chi connectivity index (χ1n) is 8.46. The summed E-state index contributed by atoms with van der Waals surface area (Å²) in [7, 11) is 2.83. The molecule has 140 valence electrons. The summed E-state index contributed by atoms with van der Waals surface area (Å²) in [6.07, 6.45) is 2.07. The minimum absolute atomic E-state index is 0.101. The number of aliphatic imine (C=N–C) groups is 1. The fourth-order valence-electron chi connectivity index (χ4n) is 2.58. The van der Waals surface area contributed by atoms with Crippen molar-refractivity contribution in [2.24, 2.45) is 4.99 Å². The lowest BCUT2D eigenvalue weighted by Gasteiger charge is -2.32. The monoisotopic (exact) mass is 355 g/mol. The van der Waals surface area contributed by atoms with Gasteiger partial charge < -0.3 is 19.5 Å². The highest BCUT2D eigenvalue weighted by Crippen LogP contribution is 2.40. The summed E-state index contributed by atoms with van der Waals surface area (Å²) in [5, 5.41) is 3.15. The van der Waals surface area contributed by atoms with Crippen LogP contribution in [0, 0.1) is 0 Å². The van der Waals surface area contributed by atoms with Crippen LogP contribution in [-0.4, -0.2) is 62.2 Å². The molecule has 2 aliphatic rings. The molecule has 0 aliphatic carbocycles. The van der Waals surface area contributed by atoms with Crippen molar-refractivity contribution in [1.82, 2.24) is 10.2 Å². The molecule has 0 spiro atoms. The molecule has 0 amide bonds. The standard InChI is InChI=1S/C17H28BF2N3O2/c1-11-14(22-10-23(6)7)8-12(15(19)20)13(9-21-11)18-24-16(2,3)17(4,5)25-18/h8-11,14-15,21H,1-7H3. The molecule has 0 aromatic heterocycles. The molecule has 25 heavy (non-hydrogen) atoms. The summed E-state index contributed by atoms with van der Waals surface area (Å²) in [6.45, 7) is 9.50. The van der Waals surface area contributed by atoms with Crippen LogP contribution in [-0.2, 0) is 9.31 Å². The first kappa shape index (κ1) is 19.9. The van der Waals surface area contributed by atoms with Gasteiger partial charge in [-0.05, 0) is 46.9 Å². The smallest absolute Gasteiger partial charge is 0.399 e. The van der Waals surface area contributed by atoms with Crippen molar-refractivity contribution in [3.8, 4) is 0 Å². The van der Waals surface area contributed by atoms with Gasteiger partial charge in [0.05, 0.1) is 23.6 Å². The Morgan fingerprint density at radius 1 is 1.24 bits per heavy atom. The largest absolute Gasteiger partial charge is 0.496 e. The molecule has 0 aromatic carbocycles. The summed E-state index contributed by atoms with van der Waals surface area (Å²) in [6, 6.07) is -0.549. The number of hydrogen-bond donors (Lipinski definition) is 1. The molecule has 0 saturated carbocycles. The highest BCUT2D eigenvalue weighted by molar-refractivity contribution is 6.56. The topological polar surface area (TPSA) is 46.1 Å². The van der Waals surface area contributed by atoms with E-state index in [-0.39, 0.29) is 11.6 Å². The average molecular weight is 355 g/mol. The van der Waals surface area contributed by atoms with Gasteiger partial charge in [0, 0.05) is 31.2 Å². The Labute approximate surface area is 149 Å². The van der Waals surface area contributed by atoms with E-state index in [0.717, 1.165) is 0 Å². The Morgan fingerprint density at radius 2 is 1.80 bits per heavy atom. The average Bonchev–Trinajstić information content (AvgIpc) is 2.60. The van der Waals surface area contributed by atoms with Gasteiger partial charge in [-0.15, -0.1) is 0 Å². The van der Waals surface area contributed by atoms with Crippen LogP contribution in [0.2, 0.25) is 0 Å². The second kappa shape index (κ2) is 7.07. The summed E-state index contributed by atoms with van der Waals surface area (Å²) in [5.74, 6) is 0. The van der Waals surface area contributed by atoms with E-state index in [4.69, 9.17) is 9.31 Å². The van der Waals surface area contributed by atoms with E-state index < -0.39 is 30.8 Å². The maximum Gasteiger partial charge on any atom is 0.496 e. The van der Waals surface area contributed by atoms with Gasteiger partial charge in [0.15, 0.2) is 0 Å². The Morgan fingerprint density at radius 3 is 2.28 bits per heavy atom. The zero-order valence-electron chi connectivity index (χ0n) is 16.0. The van der Waals surface area contributed by atoms with Crippen molar-refractivity contribution in [2.45, 2.75) is 64.3 Å². The highest BCUT2D eigenvalue weighted by Gasteiger charge is 2.53. The number of alkyl halides is 2. The van der Waals surface area contributed by atoms with Crippen molar-refractivity contribution >= 4 is 13.5 Å². The Kier molecular flexibility index (Phi) is 5.63. The van der Waals surface area contributed by atoms with Crippen molar-refractivity contribution in [1.29, 1.82) is 0 Å². The molecule has 0 aromatic rings. The van der Waals surface area contributed by atoms with Gasteiger partial charge >= 0.3 is 7.12 Å². The van der Waals surface area contributed by atoms with Gasteiger partial charge in [0.2, 0.25) is 0 Å². The fourth-order valence-corrected chi connectivity index (χ4v) is 2.58. The molecule has 2 aliphatic heterocycles. The lowest BCUT2D eigenvalue weighted by Crippen LogP contribution is -2.41. The molecule has 2 unspecified atom stereocenters. The van der Waals surface area contributed by atoms with E-state index in [1.165, 1.54) is 6.08 Å². The van der Waals surface area contributed by atoms with Crippen molar-refractivity contribution in [2.75, 3.05) is 14.1 Å². The second-order valence-electron chi connectivity index (χ2n) is 7.78. The number of halogens is 2. The van der Waals surface area contributed by atoms with Crippen LogP contribution in [0.25, 0.3) is 0 Å². The zero-order valence-corrected chi connectivity index (χ0v) is 16.0. The quantitative estimate of drug-likeness (QED) is 0.479. The van der Waals surface area contributed by atoms with E-state index in [0.29, 0.717) is 5.47 Å². The normalized spacial score (nSPS) is 28.6. The number of rotatable bonds is 4. The molecule has 0 bridgehead atoms. The molecule has 1 N–H and O–H groups in total. The molecule has 2 atom stereocenters. The zero-order chi connectivity index (χ0) is 19.0. The van der Waals surface area contributed by atoms with Gasteiger partial charge in [-0.2, -0.15) is 0 Å². The molecular weight excluding hydrogens is 327 g/mol. The van der Waals surface area contributed by atoms with Crippen LogP contribution in [0.15, 0.2) is 28.3 Å². The minimum atomic E-state index is -2.64. The van der Waals surface area contributed by atoms with Crippen LogP contribution in [0.5, 0.6) is 0 Å². The Balaban J connectivity index is 2.36. The highest BCUT2D eigenvalue weighted by atomic mass is 19.3. The summed E-state index contributed by atoms with van der Waals surface area (Å²) in [4.78, 5) is 6.16. The maximum absolute atomic E-state index is 13.8. The summed E-state index contributed by atoms with van der Waals surface area (Å²) < 4.78 is 39.5. The minimum Gasteiger partial charge on any atom is -0.399 e. The third-order valence-electron chi connectivity index (χ3n) is 4.91. The first-order chi connectivity index (χ1) is 11.4. The van der Waals surface area contributed by atoms with Crippen molar-refractivity contribution in [3.63, 3.8) is 0 Å². The van der Waals surface area contributed by atoms with E-state index >= 15 is 0 Å². The lowest BCUT2D eigenvalue weighted by molar-refractivity contribution is 0.00578. The maximum atomic E-state index is 13.8. The van der Waals surface area contributed by atoms with E-state index in [1.807, 2.05) is 48.7 Å². The van der Waals surface area contributed by atoms with Crippen LogP contribution >= 0.6 is 0 Å². The molecule has 8 heteroatoms. The molecular formula is C17H28BF2N3O2. The van der Waals surface area contributed by atoms with Gasteiger partial charge in [0.25, 0.3) is 6.43 Å². The lowest BCUT2D eigenvalue weighted by atomic mass is 9.74. The molecule has 5 nitrogen and oxygen atoms in total. The first-order valence-corrected chi connectivity index (χ1v) is 8.46. The number of nitrogens with one attached hydrogen (secondary N) is 1. The Hall–Kier alpha value is -1.41. The fraction of sp³-hybridized carbons (Fsp3) is 0.706. The molecule has 2 heterocycles. The molecule has 0 radical (unpaired) electrons. The van der Waals surface area contributed by atoms with Crippen molar-refractivity contribution < 1.29 is 18.1 Å². The summed E-state index contributed by atoms with van der Waals surface area (Å²) >= 11 is 0. The Bertz CT molecular complexity index is 572. The molecule has 2 rings (SSSR count). The SMILES string of the molecule is CC1NC=C(B2OC(C)(C)C(C)(C)O2)C(C(F)F)=CC1N=CN(C)C. The second-order valence-corrected chi connectivity index (χ2v) is 7.78. The number of allylic oxidation sites excluding steroid dienone is 2. The van der Waals surface area contributed by atoms with Gasteiger partial charge in [-0.25, -0.2) is 8.78 Å². The number of nitrogens with zero attached hydrogens (tertiary/aromatic N) is 2. The predicted molar refractivity (Wildman–Crippen MR) is 96.8 cm³/mol. The number of hydrogen-bond acceptors (Lipinski definition) is 4. The van der Waals surface area contributed by atoms with Gasteiger partial charge in [0.1, 0.15) is 0 Å². The van der Waals surface area contributed by atoms with Crippen molar-refractivity contribution in [3.05, 3.63) is 23.3 Å². The van der Waals surface area contributed by atoms with Crippen LogP contribution in [0.1, 0.15) is 34.6 Å². The van der Waals surface area contributed by atoms with Crippen LogP contribution in [0.4, 0.5) is 8.78 Å². The van der Waals surface area contributed by atoms with E-state index in [9.17, 15) is 8.78 Å². The predicted octanol–water partition coefficient (Wildman–Crippen LogP) is 2.64. The van der Waals surface area contributed by atoms with E-state index in [1.54, 1.807) is 17.4 Å².